The van der Waals surface area contributed by atoms with E-state index >= 15 is 0 Å². The molecule has 3 rings (SSSR count). The van der Waals surface area contributed by atoms with Crippen molar-refractivity contribution >= 4 is 11.8 Å². The minimum atomic E-state index is -0.400. The number of aromatic nitrogens is 3. The summed E-state index contributed by atoms with van der Waals surface area (Å²) in [4.78, 5) is 32.6. The molecule has 1 fully saturated rings. The quantitative estimate of drug-likeness (QED) is 0.821. The fraction of sp³-hybridized carbons (Fsp3) is 0.412. The first-order valence-corrected chi connectivity index (χ1v) is 8.16. The summed E-state index contributed by atoms with van der Waals surface area (Å²) in [5.74, 6) is 0.593. The highest BCUT2D eigenvalue weighted by molar-refractivity contribution is 5.94. The van der Waals surface area contributed by atoms with Crippen LogP contribution in [-0.2, 0) is 4.79 Å². The predicted octanol–water partition coefficient (Wildman–Crippen LogP) is 0.832. The summed E-state index contributed by atoms with van der Waals surface area (Å²) >= 11 is 0. The number of benzene rings is 1. The molecular weight excluding hydrogens is 322 g/mol. The fourth-order valence-electron chi connectivity index (χ4n) is 2.86. The van der Waals surface area contributed by atoms with Crippen molar-refractivity contribution in [3.8, 4) is 5.75 Å². The maximum atomic E-state index is 12.6. The Morgan fingerprint density at radius 3 is 2.52 bits per heavy atom. The molecule has 1 saturated heterocycles. The summed E-state index contributed by atoms with van der Waals surface area (Å²) in [6, 6.07) is 6.70. The number of nitrogens with zero attached hydrogens (tertiary/aromatic N) is 5. The minimum Gasteiger partial charge on any atom is -0.497 e. The van der Waals surface area contributed by atoms with Gasteiger partial charge in [-0.1, -0.05) is 6.07 Å². The summed E-state index contributed by atoms with van der Waals surface area (Å²) < 4.78 is 6.70. The average molecular weight is 343 g/mol. The van der Waals surface area contributed by atoms with Crippen molar-refractivity contribution in [3.63, 3.8) is 0 Å². The van der Waals surface area contributed by atoms with Crippen LogP contribution < -0.4 is 4.74 Å². The summed E-state index contributed by atoms with van der Waals surface area (Å²) in [5, 5.41) is 4.01. The van der Waals surface area contributed by atoms with Crippen LogP contribution in [0.2, 0.25) is 0 Å². The molecule has 1 aromatic carbocycles. The van der Waals surface area contributed by atoms with Crippen LogP contribution in [0.1, 0.15) is 23.3 Å². The SMILES string of the molecule is COc1cccc(C(=O)N2CCN(C(=O)C(C)n3cncn3)CC2)c1. The number of methoxy groups -OCH3 is 1. The second-order valence-corrected chi connectivity index (χ2v) is 5.90. The Kier molecular flexibility index (Phi) is 4.97. The second-order valence-electron chi connectivity index (χ2n) is 5.90. The van der Waals surface area contributed by atoms with Crippen LogP contribution in [0.25, 0.3) is 0 Å². The van der Waals surface area contributed by atoms with Gasteiger partial charge in [-0.3, -0.25) is 9.59 Å². The zero-order valence-corrected chi connectivity index (χ0v) is 14.3. The van der Waals surface area contributed by atoms with Gasteiger partial charge in [-0.15, -0.1) is 0 Å². The molecule has 0 bridgehead atoms. The topological polar surface area (TPSA) is 80.6 Å². The van der Waals surface area contributed by atoms with Gasteiger partial charge >= 0.3 is 0 Å². The standard InChI is InChI=1S/C17H21N5O3/c1-13(22-12-18-11-19-22)16(23)20-6-8-21(9-7-20)17(24)14-4-3-5-15(10-14)25-2/h3-5,10-13H,6-9H2,1-2H3. The minimum absolute atomic E-state index is 0.0148. The van der Waals surface area contributed by atoms with Gasteiger partial charge in [0.05, 0.1) is 7.11 Å². The molecule has 0 radical (unpaired) electrons. The summed E-state index contributed by atoms with van der Waals surface area (Å²) in [7, 11) is 1.57. The lowest BCUT2D eigenvalue weighted by Gasteiger charge is -2.36. The third kappa shape index (κ3) is 3.62. The smallest absolute Gasteiger partial charge is 0.254 e. The van der Waals surface area contributed by atoms with Gasteiger partial charge in [-0.25, -0.2) is 9.67 Å². The van der Waals surface area contributed by atoms with Crippen molar-refractivity contribution in [2.75, 3.05) is 33.3 Å². The van der Waals surface area contributed by atoms with E-state index in [0.717, 1.165) is 0 Å². The third-order valence-corrected chi connectivity index (χ3v) is 4.39. The maximum absolute atomic E-state index is 12.6. The van der Waals surface area contributed by atoms with E-state index < -0.39 is 6.04 Å². The molecule has 1 aliphatic rings. The molecule has 0 spiro atoms. The van der Waals surface area contributed by atoms with Crippen LogP contribution in [-0.4, -0.2) is 69.7 Å². The number of amides is 2. The van der Waals surface area contributed by atoms with Crippen molar-refractivity contribution in [2.24, 2.45) is 0 Å². The number of piperazine rings is 1. The number of carbonyl (C=O) groups excluding carboxylic acids is 2. The molecule has 0 N–H and O–H groups in total. The van der Waals surface area contributed by atoms with Crippen molar-refractivity contribution in [3.05, 3.63) is 42.5 Å². The number of rotatable bonds is 4. The average Bonchev–Trinajstić information content (AvgIpc) is 3.21. The van der Waals surface area contributed by atoms with Gasteiger partial charge in [0.25, 0.3) is 5.91 Å². The van der Waals surface area contributed by atoms with Gasteiger partial charge < -0.3 is 14.5 Å². The van der Waals surface area contributed by atoms with E-state index in [-0.39, 0.29) is 11.8 Å². The lowest BCUT2D eigenvalue weighted by molar-refractivity contribution is -0.136. The van der Waals surface area contributed by atoms with E-state index in [9.17, 15) is 9.59 Å². The number of ether oxygens (including phenoxy) is 1. The molecule has 1 unspecified atom stereocenters. The number of hydrogen-bond donors (Lipinski definition) is 0. The van der Waals surface area contributed by atoms with Gasteiger partial charge in [0.1, 0.15) is 24.4 Å². The molecule has 8 heteroatoms. The van der Waals surface area contributed by atoms with Crippen molar-refractivity contribution in [1.29, 1.82) is 0 Å². The van der Waals surface area contributed by atoms with E-state index in [4.69, 9.17) is 4.74 Å². The second kappa shape index (κ2) is 7.33. The van der Waals surface area contributed by atoms with Crippen LogP contribution in [0.3, 0.4) is 0 Å². The molecule has 2 heterocycles. The van der Waals surface area contributed by atoms with Gasteiger partial charge in [0.15, 0.2) is 0 Å². The first-order chi connectivity index (χ1) is 12.1. The van der Waals surface area contributed by atoms with Crippen LogP contribution in [0.4, 0.5) is 0 Å². The van der Waals surface area contributed by atoms with Crippen molar-refractivity contribution in [1.82, 2.24) is 24.6 Å². The largest absolute Gasteiger partial charge is 0.497 e. The van der Waals surface area contributed by atoms with Crippen LogP contribution in [0.15, 0.2) is 36.9 Å². The molecule has 1 atom stereocenters. The highest BCUT2D eigenvalue weighted by Crippen LogP contribution is 2.16. The summed E-state index contributed by atoms with van der Waals surface area (Å²) in [6.07, 6.45) is 2.94. The highest BCUT2D eigenvalue weighted by atomic mass is 16.5. The molecule has 8 nitrogen and oxygen atoms in total. The van der Waals surface area contributed by atoms with Crippen LogP contribution in [0.5, 0.6) is 5.75 Å². The molecule has 1 aromatic heterocycles. The van der Waals surface area contributed by atoms with E-state index in [1.54, 1.807) is 48.1 Å². The number of carbonyl (C=O) groups is 2. The summed E-state index contributed by atoms with van der Waals surface area (Å²) in [5.41, 5.74) is 0.593. The first-order valence-electron chi connectivity index (χ1n) is 8.16. The van der Waals surface area contributed by atoms with Crippen molar-refractivity contribution < 1.29 is 14.3 Å². The monoisotopic (exact) mass is 343 g/mol. The van der Waals surface area contributed by atoms with E-state index in [2.05, 4.69) is 10.1 Å². The van der Waals surface area contributed by atoms with Crippen LogP contribution in [0, 0.1) is 0 Å². The molecule has 25 heavy (non-hydrogen) atoms. The fourth-order valence-corrected chi connectivity index (χ4v) is 2.86. The predicted molar refractivity (Wildman–Crippen MR) is 90.2 cm³/mol. The van der Waals surface area contributed by atoms with E-state index in [0.29, 0.717) is 37.5 Å². The lowest BCUT2D eigenvalue weighted by Crippen LogP contribution is -2.51. The zero-order chi connectivity index (χ0) is 17.8. The zero-order valence-electron chi connectivity index (χ0n) is 14.3. The highest BCUT2D eigenvalue weighted by Gasteiger charge is 2.28. The Labute approximate surface area is 146 Å². The molecular formula is C17H21N5O3. The Morgan fingerprint density at radius 2 is 1.88 bits per heavy atom. The Bertz CT molecular complexity index is 739. The normalized spacial score (nSPS) is 15.8. The Balaban J connectivity index is 1.59. The molecule has 2 amide bonds. The molecule has 2 aromatic rings. The summed E-state index contributed by atoms with van der Waals surface area (Å²) in [6.45, 7) is 3.82. The lowest BCUT2D eigenvalue weighted by atomic mass is 10.1. The Morgan fingerprint density at radius 1 is 1.16 bits per heavy atom. The Hall–Kier alpha value is -2.90. The van der Waals surface area contributed by atoms with Crippen LogP contribution >= 0.6 is 0 Å². The maximum Gasteiger partial charge on any atom is 0.254 e. The molecule has 0 aliphatic carbocycles. The van der Waals surface area contributed by atoms with Crippen molar-refractivity contribution in [2.45, 2.75) is 13.0 Å². The van der Waals surface area contributed by atoms with E-state index in [1.807, 2.05) is 0 Å². The molecule has 1 aliphatic heterocycles. The number of hydrogen-bond acceptors (Lipinski definition) is 5. The third-order valence-electron chi connectivity index (χ3n) is 4.39. The van der Waals surface area contributed by atoms with E-state index in [1.165, 1.54) is 17.3 Å². The van der Waals surface area contributed by atoms with Gasteiger partial charge in [0.2, 0.25) is 5.91 Å². The first kappa shape index (κ1) is 16.9. The van der Waals surface area contributed by atoms with Gasteiger partial charge in [-0.05, 0) is 25.1 Å². The molecule has 132 valence electrons. The molecule has 0 saturated carbocycles. The van der Waals surface area contributed by atoms with Gasteiger partial charge in [-0.2, -0.15) is 5.10 Å². The van der Waals surface area contributed by atoms with Gasteiger partial charge in [0, 0.05) is 31.7 Å².